The molecule has 0 saturated heterocycles. The van der Waals surface area contributed by atoms with Gasteiger partial charge in [-0.3, -0.25) is 9.59 Å². The highest BCUT2D eigenvalue weighted by molar-refractivity contribution is 5.94. The van der Waals surface area contributed by atoms with E-state index in [4.69, 9.17) is 33.4 Å². The Morgan fingerprint density at radius 2 is 1.69 bits per heavy atom. The molecule has 1 amide bonds. The first kappa shape index (κ1) is 31.6. The Labute approximate surface area is 208 Å². The van der Waals surface area contributed by atoms with Crippen LogP contribution in [0.15, 0.2) is 36.4 Å². The van der Waals surface area contributed by atoms with Crippen LogP contribution in [0.2, 0.25) is 0 Å². The number of benzene rings is 1. The molecule has 0 spiro atoms. The predicted molar refractivity (Wildman–Crippen MR) is 144 cm³/mol. The van der Waals surface area contributed by atoms with Gasteiger partial charge >= 0.3 is 5.97 Å². The fraction of sp³-hybridized carbons (Fsp3) is 0.458. The van der Waals surface area contributed by atoms with Crippen molar-refractivity contribution in [2.75, 3.05) is 49.7 Å². The number of unbranched alkanes of at least 4 members (excludes halogenated alkanes) is 1. The van der Waals surface area contributed by atoms with Crippen molar-refractivity contribution in [3.05, 3.63) is 36.4 Å². The lowest BCUT2D eigenvalue weighted by molar-refractivity contribution is -0.134. The van der Waals surface area contributed by atoms with Crippen molar-refractivity contribution in [3.8, 4) is 5.75 Å². The van der Waals surface area contributed by atoms with Crippen LogP contribution in [0.3, 0.4) is 0 Å². The van der Waals surface area contributed by atoms with Crippen molar-refractivity contribution in [1.82, 2.24) is 9.88 Å². The molecule has 1 aromatic carbocycles. The topological polar surface area (TPSA) is 202 Å². The molecule has 35 heavy (non-hydrogen) atoms. The summed E-state index contributed by atoms with van der Waals surface area (Å²) in [4.78, 5) is 29.0. The first-order valence-corrected chi connectivity index (χ1v) is 11.6. The summed E-state index contributed by atoms with van der Waals surface area (Å²) in [5.41, 5.74) is 28.7. The quantitative estimate of drug-likeness (QED) is 0.123. The molecule has 11 N–H and O–H groups in total. The normalized spacial score (nSPS) is 10.8. The number of nitrogens with two attached hydrogens (primary N) is 5. The smallest absolute Gasteiger partial charge is 0.312 e. The second kappa shape index (κ2) is 18.0. The highest BCUT2D eigenvalue weighted by atomic mass is 16.5. The lowest BCUT2D eigenvalue weighted by Gasteiger charge is -2.12. The Morgan fingerprint density at radius 3 is 2.26 bits per heavy atom. The molecule has 0 aliphatic heterocycles. The van der Waals surface area contributed by atoms with Gasteiger partial charge in [0.1, 0.15) is 11.6 Å². The number of amides is 1. The molecular formula is C24H42N8O3. The van der Waals surface area contributed by atoms with Gasteiger partial charge in [-0.15, -0.1) is 0 Å². The molecule has 1 aromatic heterocycles. The van der Waals surface area contributed by atoms with Crippen LogP contribution in [-0.2, 0) is 9.59 Å². The third-order valence-electron chi connectivity index (χ3n) is 4.42. The van der Waals surface area contributed by atoms with Crippen molar-refractivity contribution in [1.29, 1.82) is 0 Å². The number of pyridine rings is 1. The van der Waals surface area contributed by atoms with Crippen LogP contribution in [0.1, 0.15) is 39.5 Å². The van der Waals surface area contributed by atoms with Crippen molar-refractivity contribution >= 4 is 34.9 Å². The molecule has 2 rings (SSSR count). The summed E-state index contributed by atoms with van der Waals surface area (Å²) in [6.45, 7) is 5.27. The molecule has 0 saturated carbocycles. The predicted octanol–water partition coefficient (Wildman–Crippen LogP) is 1.79. The van der Waals surface area contributed by atoms with Crippen molar-refractivity contribution in [2.24, 2.45) is 11.5 Å². The molecule has 11 nitrogen and oxygen atoms in total. The van der Waals surface area contributed by atoms with Gasteiger partial charge in [-0.2, -0.15) is 0 Å². The lowest BCUT2D eigenvalue weighted by atomic mass is 10.1. The van der Waals surface area contributed by atoms with Gasteiger partial charge in [-0.25, -0.2) is 4.98 Å². The zero-order valence-electron chi connectivity index (χ0n) is 21.3. The summed E-state index contributed by atoms with van der Waals surface area (Å²) in [5, 5.41) is 2.59. The third-order valence-corrected chi connectivity index (χ3v) is 4.42. The Hall–Kier alpha value is -3.41. The Balaban J connectivity index is 0.000000625. The number of nitrogen functional groups attached to an aromatic ring is 3. The largest absolute Gasteiger partial charge is 0.424 e. The standard InChI is InChI=1S/C11H20N6O.C11H16N2O2.C2H6/c12-6-2-1-3-8(14)11(18)17-9-5-4-7(13)10(15)16-9;1-13(2)8-7-11(14)15-10-6-4-3-5-9(10)12;1-2/h4-5,8H,1-3,6,12-14H2,(H3,15,16,17,18);3-6H,7-8,12H2,1-2H3;1-2H3. The summed E-state index contributed by atoms with van der Waals surface area (Å²) in [7, 11) is 3.81. The van der Waals surface area contributed by atoms with Crippen LogP contribution in [-0.4, -0.2) is 55.0 Å². The number of anilines is 4. The molecule has 196 valence electrons. The SMILES string of the molecule is CC.CN(C)CCC(=O)Oc1ccccc1N.NCCCCC(N)C(=O)Nc1ccc(N)c(N)n1. The van der Waals surface area contributed by atoms with Crippen molar-refractivity contribution in [3.63, 3.8) is 0 Å². The number of hydrogen-bond acceptors (Lipinski definition) is 10. The van der Waals surface area contributed by atoms with E-state index in [1.165, 1.54) is 0 Å². The van der Waals surface area contributed by atoms with E-state index in [1.807, 2.05) is 32.8 Å². The summed E-state index contributed by atoms with van der Waals surface area (Å²) < 4.78 is 5.10. The van der Waals surface area contributed by atoms with Gasteiger partial charge in [0.2, 0.25) is 5.91 Å². The number of para-hydroxylation sites is 2. The molecule has 0 aliphatic carbocycles. The van der Waals surface area contributed by atoms with Crippen LogP contribution in [0.4, 0.5) is 23.0 Å². The number of carbonyl (C=O) groups excluding carboxylic acids is 2. The van der Waals surface area contributed by atoms with E-state index < -0.39 is 6.04 Å². The van der Waals surface area contributed by atoms with Gasteiger partial charge in [0.25, 0.3) is 0 Å². The van der Waals surface area contributed by atoms with E-state index in [2.05, 4.69) is 10.3 Å². The lowest BCUT2D eigenvalue weighted by Crippen LogP contribution is -2.35. The molecule has 0 fully saturated rings. The molecule has 1 unspecified atom stereocenters. The van der Waals surface area contributed by atoms with Crippen LogP contribution in [0, 0.1) is 0 Å². The van der Waals surface area contributed by atoms with Gasteiger partial charge in [0, 0.05) is 6.54 Å². The maximum Gasteiger partial charge on any atom is 0.312 e. The maximum atomic E-state index is 11.7. The van der Waals surface area contributed by atoms with Gasteiger partial charge in [0.05, 0.1) is 23.8 Å². The summed E-state index contributed by atoms with van der Waals surface area (Å²) in [5.74, 6) is 0.414. The molecule has 0 radical (unpaired) electrons. The number of rotatable bonds is 10. The monoisotopic (exact) mass is 490 g/mol. The number of nitrogens with zero attached hydrogens (tertiary/aromatic N) is 2. The first-order chi connectivity index (χ1) is 16.6. The minimum atomic E-state index is -0.572. The molecule has 11 heteroatoms. The summed E-state index contributed by atoms with van der Waals surface area (Å²) in [6.07, 6.45) is 2.63. The molecular weight excluding hydrogens is 448 g/mol. The fourth-order valence-corrected chi connectivity index (χ4v) is 2.48. The highest BCUT2D eigenvalue weighted by Crippen LogP contribution is 2.20. The van der Waals surface area contributed by atoms with Gasteiger partial charge in [0.15, 0.2) is 5.75 Å². The van der Waals surface area contributed by atoms with Gasteiger partial charge in [-0.05, 0) is 57.7 Å². The Morgan fingerprint density at radius 1 is 1.03 bits per heavy atom. The van der Waals surface area contributed by atoms with Crippen molar-refractivity contribution < 1.29 is 14.3 Å². The zero-order valence-corrected chi connectivity index (χ0v) is 21.3. The fourth-order valence-electron chi connectivity index (χ4n) is 2.48. The third kappa shape index (κ3) is 13.8. The first-order valence-electron chi connectivity index (χ1n) is 11.6. The number of ether oxygens (including phenoxy) is 1. The van der Waals surface area contributed by atoms with Crippen LogP contribution in [0.5, 0.6) is 5.75 Å². The number of nitrogens with one attached hydrogen (secondary N) is 1. The molecule has 1 heterocycles. The number of carbonyl (C=O) groups is 2. The van der Waals surface area contributed by atoms with Crippen LogP contribution < -0.4 is 38.7 Å². The minimum absolute atomic E-state index is 0.185. The Kier molecular flexibility index (Phi) is 16.2. The zero-order chi connectivity index (χ0) is 26.8. The number of esters is 1. The molecule has 0 aliphatic rings. The molecule has 0 bridgehead atoms. The summed E-state index contributed by atoms with van der Waals surface area (Å²) >= 11 is 0. The minimum Gasteiger partial charge on any atom is -0.424 e. The van der Waals surface area contributed by atoms with E-state index in [-0.39, 0.29) is 17.7 Å². The average molecular weight is 491 g/mol. The molecule has 2 aromatic rings. The second-order valence-corrected chi connectivity index (χ2v) is 7.62. The maximum absolute atomic E-state index is 11.7. The highest BCUT2D eigenvalue weighted by Gasteiger charge is 2.14. The second-order valence-electron chi connectivity index (χ2n) is 7.62. The van der Waals surface area contributed by atoms with Crippen LogP contribution >= 0.6 is 0 Å². The van der Waals surface area contributed by atoms with E-state index in [0.29, 0.717) is 48.9 Å². The summed E-state index contributed by atoms with van der Waals surface area (Å²) in [6, 6.07) is 9.56. The average Bonchev–Trinajstić information content (AvgIpc) is 2.83. The van der Waals surface area contributed by atoms with Crippen molar-refractivity contribution in [2.45, 2.75) is 45.6 Å². The van der Waals surface area contributed by atoms with Gasteiger partial charge in [-0.1, -0.05) is 32.4 Å². The van der Waals surface area contributed by atoms with E-state index in [0.717, 1.165) is 12.8 Å². The molecule has 1 atom stereocenters. The number of hydrogen-bond donors (Lipinski definition) is 6. The van der Waals surface area contributed by atoms with Crippen LogP contribution in [0.25, 0.3) is 0 Å². The van der Waals surface area contributed by atoms with E-state index in [1.54, 1.807) is 36.4 Å². The number of aromatic nitrogens is 1. The van der Waals surface area contributed by atoms with E-state index in [9.17, 15) is 9.59 Å². The van der Waals surface area contributed by atoms with Gasteiger partial charge < -0.3 is 43.6 Å². The van der Waals surface area contributed by atoms with E-state index >= 15 is 0 Å². The Bertz CT molecular complexity index is 893.